The first-order valence-corrected chi connectivity index (χ1v) is 7.24. The second-order valence-corrected chi connectivity index (χ2v) is 7.20. The van der Waals surface area contributed by atoms with Gasteiger partial charge in [0.05, 0.1) is 0 Å². The van der Waals surface area contributed by atoms with Crippen LogP contribution in [-0.4, -0.2) is 30.1 Å². The van der Waals surface area contributed by atoms with E-state index in [4.69, 9.17) is 5.73 Å². The molecule has 2 nitrogen and oxygen atoms in total. The predicted molar refractivity (Wildman–Crippen MR) is 76.2 cm³/mol. The van der Waals surface area contributed by atoms with E-state index < -0.39 is 0 Å². The largest absolute Gasteiger partial charge is 0.325 e. The van der Waals surface area contributed by atoms with Gasteiger partial charge in [-0.25, -0.2) is 0 Å². The second-order valence-electron chi connectivity index (χ2n) is 7.20. The van der Waals surface area contributed by atoms with Crippen molar-refractivity contribution in [3.05, 3.63) is 0 Å². The minimum atomic E-state index is 0.129. The Morgan fingerprint density at radius 3 is 2.18 bits per heavy atom. The van der Waals surface area contributed by atoms with Crippen molar-refractivity contribution < 1.29 is 0 Å². The van der Waals surface area contributed by atoms with Gasteiger partial charge in [-0.15, -0.1) is 0 Å². The first-order valence-electron chi connectivity index (χ1n) is 7.24. The molecule has 0 heterocycles. The summed E-state index contributed by atoms with van der Waals surface area (Å²) in [5.41, 5.74) is 6.97. The van der Waals surface area contributed by atoms with Crippen LogP contribution in [0.4, 0.5) is 0 Å². The monoisotopic (exact) mass is 240 g/mol. The molecule has 0 spiro atoms. The molecule has 102 valence electrons. The fraction of sp³-hybridized carbons (Fsp3) is 1.00. The fourth-order valence-electron chi connectivity index (χ4n) is 2.76. The van der Waals surface area contributed by atoms with Crippen molar-refractivity contribution in [3.8, 4) is 0 Å². The molecule has 1 saturated carbocycles. The van der Waals surface area contributed by atoms with Crippen molar-refractivity contribution in [1.29, 1.82) is 0 Å². The molecule has 1 rings (SSSR count). The van der Waals surface area contributed by atoms with Gasteiger partial charge in [-0.1, -0.05) is 40.0 Å². The molecule has 0 aromatic rings. The lowest BCUT2D eigenvalue weighted by Gasteiger charge is -2.39. The average molecular weight is 240 g/mol. The maximum Gasteiger partial charge on any atom is 0.0166 e. The highest BCUT2D eigenvalue weighted by molar-refractivity contribution is 4.89. The Labute approximate surface area is 108 Å². The highest BCUT2D eigenvalue weighted by Crippen LogP contribution is 2.30. The Hall–Kier alpha value is -0.0800. The second kappa shape index (κ2) is 5.71. The van der Waals surface area contributed by atoms with E-state index in [-0.39, 0.29) is 5.54 Å². The minimum absolute atomic E-state index is 0.129. The van der Waals surface area contributed by atoms with E-state index in [0.29, 0.717) is 11.5 Å². The maximum absolute atomic E-state index is 6.49. The van der Waals surface area contributed by atoms with Crippen LogP contribution in [0, 0.1) is 5.41 Å². The summed E-state index contributed by atoms with van der Waals surface area (Å²) in [5.74, 6) is 0. The molecule has 0 aromatic heterocycles. The molecule has 17 heavy (non-hydrogen) atoms. The van der Waals surface area contributed by atoms with Crippen LogP contribution in [0.3, 0.4) is 0 Å². The summed E-state index contributed by atoms with van der Waals surface area (Å²) in [6, 6.07) is 0.606. The van der Waals surface area contributed by atoms with E-state index >= 15 is 0 Å². The molecule has 0 saturated heterocycles. The van der Waals surface area contributed by atoms with E-state index in [2.05, 4.69) is 39.6 Å². The first kappa shape index (κ1) is 15.0. The number of hydrogen-bond acceptors (Lipinski definition) is 2. The molecule has 1 aliphatic rings. The molecule has 0 bridgehead atoms. The predicted octanol–water partition coefficient (Wildman–Crippen LogP) is 3.40. The van der Waals surface area contributed by atoms with Crippen molar-refractivity contribution in [3.63, 3.8) is 0 Å². The lowest BCUT2D eigenvalue weighted by Crippen LogP contribution is -2.47. The van der Waals surface area contributed by atoms with E-state index in [9.17, 15) is 0 Å². The van der Waals surface area contributed by atoms with Crippen molar-refractivity contribution in [2.24, 2.45) is 11.1 Å². The highest BCUT2D eigenvalue weighted by Gasteiger charge is 2.29. The molecule has 1 unspecified atom stereocenters. The van der Waals surface area contributed by atoms with Gasteiger partial charge >= 0.3 is 0 Å². The third-order valence-electron chi connectivity index (χ3n) is 4.73. The van der Waals surface area contributed by atoms with Crippen LogP contribution in [0.1, 0.15) is 66.2 Å². The van der Waals surface area contributed by atoms with Crippen LogP contribution in [0.5, 0.6) is 0 Å². The Bertz CT molecular complexity index is 224. The summed E-state index contributed by atoms with van der Waals surface area (Å²) >= 11 is 0. The standard InChI is InChI=1S/C15H32N2/c1-13(14(2,3)4)17(5)12-11-15(16)9-7-6-8-10-15/h13H,6-12,16H2,1-5H3. The summed E-state index contributed by atoms with van der Waals surface area (Å²) in [4.78, 5) is 2.48. The maximum atomic E-state index is 6.49. The van der Waals surface area contributed by atoms with Crippen molar-refractivity contribution >= 4 is 0 Å². The molecular formula is C15H32N2. The van der Waals surface area contributed by atoms with Gasteiger partial charge in [0, 0.05) is 11.6 Å². The Balaban J connectivity index is 2.39. The third kappa shape index (κ3) is 4.59. The molecule has 0 aromatic carbocycles. The SMILES string of the molecule is CC(N(C)CCC1(N)CCCCC1)C(C)(C)C. The van der Waals surface area contributed by atoms with Gasteiger partial charge < -0.3 is 10.6 Å². The van der Waals surface area contributed by atoms with E-state index in [1.54, 1.807) is 0 Å². The molecule has 2 N–H and O–H groups in total. The molecule has 1 atom stereocenters. The summed E-state index contributed by atoms with van der Waals surface area (Å²) in [7, 11) is 2.24. The number of hydrogen-bond donors (Lipinski definition) is 1. The quantitative estimate of drug-likeness (QED) is 0.816. The van der Waals surface area contributed by atoms with Gasteiger partial charge in [0.1, 0.15) is 0 Å². The number of rotatable bonds is 4. The topological polar surface area (TPSA) is 29.3 Å². The zero-order chi connectivity index (χ0) is 13.1. The molecular weight excluding hydrogens is 208 g/mol. The normalized spacial score (nSPS) is 22.8. The average Bonchev–Trinajstić information content (AvgIpc) is 2.25. The van der Waals surface area contributed by atoms with Crippen LogP contribution in [-0.2, 0) is 0 Å². The minimum Gasteiger partial charge on any atom is -0.325 e. The lowest BCUT2D eigenvalue weighted by molar-refractivity contribution is 0.124. The van der Waals surface area contributed by atoms with Gasteiger partial charge in [0.15, 0.2) is 0 Å². The zero-order valence-electron chi connectivity index (χ0n) is 12.6. The summed E-state index contributed by atoms with van der Waals surface area (Å²) in [6.45, 7) is 10.4. The summed E-state index contributed by atoms with van der Waals surface area (Å²) < 4.78 is 0. The number of nitrogens with two attached hydrogens (primary N) is 1. The van der Waals surface area contributed by atoms with Gasteiger partial charge in [-0.2, -0.15) is 0 Å². The summed E-state index contributed by atoms with van der Waals surface area (Å²) in [6.07, 6.45) is 7.65. The van der Waals surface area contributed by atoms with Gasteiger partial charge in [0.2, 0.25) is 0 Å². The smallest absolute Gasteiger partial charge is 0.0166 e. The van der Waals surface area contributed by atoms with Crippen molar-refractivity contribution in [2.45, 2.75) is 77.8 Å². The van der Waals surface area contributed by atoms with Crippen molar-refractivity contribution in [1.82, 2.24) is 4.90 Å². The van der Waals surface area contributed by atoms with E-state index in [1.165, 1.54) is 32.1 Å². The van der Waals surface area contributed by atoms with Gasteiger partial charge in [-0.05, 0) is 45.2 Å². The summed E-state index contributed by atoms with van der Waals surface area (Å²) in [5, 5.41) is 0. The lowest BCUT2D eigenvalue weighted by atomic mass is 9.79. The Morgan fingerprint density at radius 1 is 1.18 bits per heavy atom. The molecule has 2 heteroatoms. The molecule has 1 fully saturated rings. The number of nitrogens with zero attached hydrogens (tertiary/aromatic N) is 1. The first-order chi connectivity index (χ1) is 7.75. The highest BCUT2D eigenvalue weighted by atomic mass is 15.1. The van der Waals surface area contributed by atoms with Crippen LogP contribution < -0.4 is 5.73 Å². The zero-order valence-corrected chi connectivity index (χ0v) is 12.6. The van der Waals surface area contributed by atoms with Crippen LogP contribution in [0.2, 0.25) is 0 Å². The Kier molecular flexibility index (Phi) is 5.03. The van der Waals surface area contributed by atoms with Crippen LogP contribution >= 0.6 is 0 Å². The van der Waals surface area contributed by atoms with Crippen molar-refractivity contribution in [2.75, 3.05) is 13.6 Å². The van der Waals surface area contributed by atoms with Crippen LogP contribution in [0.25, 0.3) is 0 Å². The van der Waals surface area contributed by atoms with Crippen LogP contribution in [0.15, 0.2) is 0 Å². The molecule has 0 amide bonds. The van der Waals surface area contributed by atoms with Gasteiger partial charge in [-0.3, -0.25) is 0 Å². The third-order valence-corrected chi connectivity index (χ3v) is 4.73. The van der Waals surface area contributed by atoms with E-state index in [0.717, 1.165) is 13.0 Å². The molecule has 1 aliphatic carbocycles. The molecule has 0 radical (unpaired) electrons. The molecule has 0 aliphatic heterocycles. The fourth-order valence-corrected chi connectivity index (χ4v) is 2.76. The van der Waals surface area contributed by atoms with Gasteiger partial charge in [0.25, 0.3) is 0 Å². The van der Waals surface area contributed by atoms with E-state index in [1.807, 2.05) is 0 Å². The Morgan fingerprint density at radius 2 is 1.71 bits per heavy atom.